The predicted octanol–water partition coefficient (Wildman–Crippen LogP) is 4.03. The number of rotatable bonds is 5. The van der Waals surface area contributed by atoms with Gasteiger partial charge in [-0.25, -0.2) is 0 Å². The molecule has 0 aromatic heterocycles. The molecule has 0 bridgehead atoms. The standard InChI is InChI=1S/C15H15O4/c1-3-18-14-6-4-5-13(16)15(14)19-12-9-7-11(17-2)8-10-12/h4-10H,3H2,1-2H3. The molecule has 0 unspecified atom stereocenters. The largest absolute Gasteiger partial charge is 0.497 e. The molecular weight excluding hydrogens is 244 g/mol. The zero-order chi connectivity index (χ0) is 13.7. The van der Waals surface area contributed by atoms with Gasteiger partial charge in [0.2, 0.25) is 11.5 Å². The minimum absolute atomic E-state index is 0.203. The molecule has 19 heavy (non-hydrogen) atoms. The Kier molecular flexibility index (Phi) is 4.13. The Bertz CT molecular complexity index is 534. The highest BCUT2D eigenvalue weighted by Crippen LogP contribution is 2.40. The van der Waals surface area contributed by atoms with Crippen LogP contribution in [0.3, 0.4) is 0 Å². The number of hydrogen-bond donors (Lipinski definition) is 0. The molecule has 0 fully saturated rings. The molecule has 0 aliphatic rings. The smallest absolute Gasteiger partial charge is 0.224 e. The van der Waals surface area contributed by atoms with Crippen molar-refractivity contribution < 1.29 is 19.3 Å². The van der Waals surface area contributed by atoms with Crippen LogP contribution < -0.4 is 14.2 Å². The van der Waals surface area contributed by atoms with E-state index in [2.05, 4.69) is 0 Å². The molecule has 0 heterocycles. The molecular formula is C15H15O4. The van der Waals surface area contributed by atoms with Gasteiger partial charge in [-0.2, -0.15) is 0 Å². The lowest BCUT2D eigenvalue weighted by atomic mass is 10.3. The van der Waals surface area contributed by atoms with Gasteiger partial charge in [-0.3, -0.25) is 5.11 Å². The Morgan fingerprint density at radius 2 is 1.68 bits per heavy atom. The second-order valence-corrected chi connectivity index (χ2v) is 3.79. The highest BCUT2D eigenvalue weighted by Gasteiger charge is 2.13. The lowest BCUT2D eigenvalue weighted by Gasteiger charge is -2.12. The van der Waals surface area contributed by atoms with Crippen molar-refractivity contribution in [3.8, 4) is 28.7 Å². The van der Waals surface area contributed by atoms with E-state index in [0.29, 0.717) is 18.1 Å². The quantitative estimate of drug-likeness (QED) is 0.814. The summed E-state index contributed by atoms with van der Waals surface area (Å²) in [5.41, 5.74) is 0. The highest BCUT2D eigenvalue weighted by atomic mass is 16.5. The maximum absolute atomic E-state index is 11.8. The molecule has 0 aliphatic carbocycles. The van der Waals surface area contributed by atoms with E-state index in [1.165, 1.54) is 6.07 Å². The van der Waals surface area contributed by atoms with Crippen molar-refractivity contribution in [3.63, 3.8) is 0 Å². The summed E-state index contributed by atoms with van der Waals surface area (Å²) in [5, 5.41) is 11.8. The van der Waals surface area contributed by atoms with E-state index in [0.717, 1.165) is 5.75 Å². The Balaban J connectivity index is 2.26. The van der Waals surface area contributed by atoms with Crippen LogP contribution in [0.5, 0.6) is 28.7 Å². The van der Waals surface area contributed by atoms with Gasteiger partial charge in [0.1, 0.15) is 11.5 Å². The minimum Gasteiger partial charge on any atom is -0.497 e. The Morgan fingerprint density at radius 3 is 2.32 bits per heavy atom. The second-order valence-electron chi connectivity index (χ2n) is 3.79. The van der Waals surface area contributed by atoms with Gasteiger partial charge in [0.15, 0.2) is 5.75 Å². The van der Waals surface area contributed by atoms with E-state index in [9.17, 15) is 5.11 Å². The molecule has 2 aromatic carbocycles. The normalized spacial score (nSPS) is 10.0. The van der Waals surface area contributed by atoms with Crippen molar-refractivity contribution >= 4 is 0 Å². The van der Waals surface area contributed by atoms with Crippen LogP contribution in [0.2, 0.25) is 0 Å². The van der Waals surface area contributed by atoms with Crippen LogP contribution >= 0.6 is 0 Å². The molecule has 0 aliphatic heterocycles. The SMILES string of the molecule is CCOc1cccc([O])c1Oc1ccc(OC)cc1. The van der Waals surface area contributed by atoms with Crippen molar-refractivity contribution in [3.05, 3.63) is 42.5 Å². The topological polar surface area (TPSA) is 47.6 Å². The van der Waals surface area contributed by atoms with Crippen molar-refractivity contribution in [1.82, 2.24) is 0 Å². The van der Waals surface area contributed by atoms with Gasteiger partial charge in [0.05, 0.1) is 13.7 Å². The van der Waals surface area contributed by atoms with Crippen LogP contribution in [0, 0.1) is 0 Å². The van der Waals surface area contributed by atoms with Crippen LogP contribution in [0.4, 0.5) is 0 Å². The molecule has 1 radical (unpaired) electrons. The van der Waals surface area contributed by atoms with Crippen LogP contribution in [-0.2, 0) is 5.11 Å². The maximum atomic E-state index is 11.8. The molecule has 0 atom stereocenters. The summed E-state index contributed by atoms with van der Waals surface area (Å²) < 4.78 is 16.0. The lowest BCUT2D eigenvalue weighted by molar-refractivity contribution is 0.295. The van der Waals surface area contributed by atoms with E-state index >= 15 is 0 Å². The summed E-state index contributed by atoms with van der Waals surface area (Å²) in [5.74, 6) is 1.74. The number of methoxy groups -OCH3 is 1. The first kappa shape index (κ1) is 13.1. The molecule has 0 spiro atoms. The van der Waals surface area contributed by atoms with Gasteiger partial charge in [-0.1, -0.05) is 6.07 Å². The van der Waals surface area contributed by atoms with Gasteiger partial charge in [0, 0.05) is 0 Å². The third-order valence-electron chi connectivity index (χ3n) is 2.52. The van der Waals surface area contributed by atoms with Crippen molar-refractivity contribution in [1.29, 1.82) is 0 Å². The van der Waals surface area contributed by atoms with Crippen LogP contribution in [0.1, 0.15) is 6.92 Å². The van der Waals surface area contributed by atoms with Gasteiger partial charge < -0.3 is 14.2 Å². The van der Waals surface area contributed by atoms with Crippen LogP contribution in [-0.4, -0.2) is 13.7 Å². The molecule has 4 heteroatoms. The van der Waals surface area contributed by atoms with E-state index < -0.39 is 0 Å². The Morgan fingerprint density at radius 1 is 1.00 bits per heavy atom. The van der Waals surface area contributed by atoms with Gasteiger partial charge in [-0.05, 0) is 43.3 Å². The number of benzene rings is 2. The summed E-state index contributed by atoms with van der Waals surface area (Å²) in [6.07, 6.45) is 0. The van der Waals surface area contributed by atoms with Gasteiger partial charge in [0.25, 0.3) is 0 Å². The number of ether oxygens (including phenoxy) is 3. The fourth-order valence-corrected chi connectivity index (χ4v) is 1.63. The molecule has 99 valence electrons. The van der Waals surface area contributed by atoms with Crippen molar-refractivity contribution in [2.75, 3.05) is 13.7 Å². The van der Waals surface area contributed by atoms with E-state index in [1.54, 1.807) is 43.5 Å². The zero-order valence-corrected chi connectivity index (χ0v) is 10.9. The van der Waals surface area contributed by atoms with Gasteiger partial charge >= 0.3 is 0 Å². The van der Waals surface area contributed by atoms with Crippen molar-refractivity contribution in [2.24, 2.45) is 0 Å². The Hall–Kier alpha value is -2.36. The van der Waals surface area contributed by atoms with E-state index in [1.807, 2.05) is 6.92 Å². The fourth-order valence-electron chi connectivity index (χ4n) is 1.63. The van der Waals surface area contributed by atoms with Gasteiger partial charge in [-0.15, -0.1) is 0 Å². The maximum Gasteiger partial charge on any atom is 0.224 e. The summed E-state index contributed by atoms with van der Waals surface area (Å²) in [4.78, 5) is 0. The molecule has 2 aromatic rings. The fraction of sp³-hybridized carbons (Fsp3) is 0.200. The average Bonchev–Trinajstić information content (AvgIpc) is 2.44. The summed E-state index contributed by atoms with van der Waals surface area (Å²) in [6, 6.07) is 11.8. The highest BCUT2D eigenvalue weighted by molar-refractivity contribution is 5.52. The molecule has 0 amide bonds. The predicted molar refractivity (Wildman–Crippen MR) is 70.8 cm³/mol. The molecule has 4 nitrogen and oxygen atoms in total. The zero-order valence-electron chi connectivity index (χ0n) is 10.9. The van der Waals surface area contributed by atoms with Crippen LogP contribution in [0.25, 0.3) is 0 Å². The van der Waals surface area contributed by atoms with Crippen LogP contribution in [0.15, 0.2) is 42.5 Å². The van der Waals surface area contributed by atoms with Crippen molar-refractivity contribution in [2.45, 2.75) is 6.92 Å². The first-order chi connectivity index (χ1) is 9.24. The molecule has 2 rings (SSSR count). The lowest BCUT2D eigenvalue weighted by Crippen LogP contribution is -1.95. The molecule has 0 saturated carbocycles. The third-order valence-corrected chi connectivity index (χ3v) is 2.52. The minimum atomic E-state index is -0.207. The summed E-state index contributed by atoms with van der Waals surface area (Å²) in [6.45, 7) is 2.33. The number of hydrogen-bond acceptors (Lipinski definition) is 3. The average molecular weight is 259 g/mol. The first-order valence-electron chi connectivity index (χ1n) is 5.99. The first-order valence-corrected chi connectivity index (χ1v) is 5.99. The summed E-state index contributed by atoms with van der Waals surface area (Å²) >= 11 is 0. The third kappa shape index (κ3) is 3.10. The monoisotopic (exact) mass is 259 g/mol. The van der Waals surface area contributed by atoms with E-state index in [4.69, 9.17) is 14.2 Å². The second kappa shape index (κ2) is 6.00. The number of para-hydroxylation sites is 1. The molecule has 0 saturated heterocycles. The Labute approximate surface area is 112 Å². The molecule has 0 N–H and O–H groups in total. The van der Waals surface area contributed by atoms with E-state index in [-0.39, 0.29) is 11.5 Å². The summed E-state index contributed by atoms with van der Waals surface area (Å²) in [7, 11) is 1.59.